The Bertz CT molecular complexity index is 1100. The van der Waals surface area contributed by atoms with Crippen molar-refractivity contribution in [2.45, 2.75) is 57.5 Å². The highest BCUT2D eigenvalue weighted by molar-refractivity contribution is 6.00. The van der Waals surface area contributed by atoms with Gasteiger partial charge in [0, 0.05) is 13.1 Å². The van der Waals surface area contributed by atoms with E-state index in [1.165, 1.54) is 4.90 Å². The fourth-order valence-corrected chi connectivity index (χ4v) is 3.55. The maximum absolute atomic E-state index is 13.3. The number of rotatable bonds is 5. The number of nitrogens with zero attached hydrogens (tertiary/aromatic N) is 3. The van der Waals surface area contributed by atoms with Crippen LogP contribution in [0.15, 0.2) is 42.7 Å². The Hall–Kier alpha value is -3.90. The highest BCUT2D eigenvalue weighted by Gasteiger charge is 2.45. The zero-order valence-corrected chi connectivity index (χ0v) is 20.6. The summed E-state index contributed by atoms with van der Waals surface area (Å²) >= 11 is 0. The maximum atomic E-state index is 13.3. The third-order valence-electron chi connectivity index (χ3n) is 5.42. The number of likely N-dealkylation sites (tertiary alicyclic amines) is 1. The number of benzene rings is 1. The lowest BCUT2D eigenvalue weighted by atomic mass is 9.86. The number of ether oxygens (including phenoxy) is 2. The third-order valence-corrected chi connectivity index (χ3v) is 5.42. The molecule has 10 nitrogen and oxygen atoms in total. The van der Waals surface area contributed by atoms with Crippen LogP contribution in [-0.2, 0) is 27.1 Å². The topological polar surface area (TPSA) is 123 Å². The van der Waals surface area contributed by atoms with Crippen LogP contribution in [0, 0.1) is 0 Å². The quantitative estimate of drug-likeness (QED) is 0.604. The molecule has 0 bridgehead atoms. The molecule has 0 radical (unpaired) electrons. The minimum atomic E-state index is -4.73. The molecule has 2 heterocycles. The monoisotopic (exact) mass is 523 g/mol. The Kier molecular flexibility index (Phi) is 8.24. The van der Waals surface area contributed by atoms with Gasteiger partial charge < -0.3 is 25.0 Å². The van der Waals surface area contributed by atoms with E-state index in [1.807, 2.05) is 6.07 Å². The highest BCUT2D eigenvalue weighted by Crippen LogP contribution is 2.28. The summed E-state index contributed by atoms with van der Waals surface area (Å²) in [5.41, 5.74) is -1.59. The predicted molar refractivity (Wildman–Crippen MR) is 125 cm³/mol. The summed E-state index contributed by atoms with van der Waals surface area (Å²) in [5, 5.41) is 5.05. The number of carbonyl (C=O) groups is 3. The zero-order chi connectivity index (χ0) is 27.3. The molecular weight excluding hydrogens is 495 g/mol. The van der Waals surface area contributed by atoms with E-state index >= 15 is 0 Å². The van der Waals surface area contributed by atoms with Crippen LogP contribution in [0.5, 0.6) is 0 Å². The number of piperidine rings is 1. The molecule has 3 rings (SSSR count). The van der Waals surface area contributed by atoms with Gasteiger partial charge in [-0.2, -0.15) is 13.2 Å². The molecule has 1 aliphatic heterocycles. The number of hydrogen-bond donors (Lipinski definition) is 2. The second-order valence-corrected chi connectivity index (χ2v) is 9.48. The van der Waals surface area contributed by atoms with Crippen molar-refractivity contribution in [1.82, 2.24) is 20.2 Å². The Morgan fingerprint density at radius 2 is 1.62 bits per heavy atom. The van der Waals surface area contributed by atoms with Gasteiger partial charge in [0.1, 0.15) is 17.7 Å². The number of nitrogens with one attached hydrogen (secondary N) is 2. The second-order valence-electron chi connectivity index (χ2n) is 9.48. The van der Waals surface area contributed by atoms with Gasteiger partial charge in [-0.1, -0.05) is 30.3 Å². The smallest absolute Gasteiger partial charge is 0.445 e. The fraction of sp³-hybridized carbons (Fsp3) is 0.458. The van der Waals surface area contributed by atoms with E-state index in [2.05, 4.69) is 20.6 Å². The molecule has 0 spiro atoms. The first-order valence-electron chi connectivity index (χ1n) is 11.4. The van der Waals surface area contributed by atoms with Gasteiger partial charge in [-0.05, 0) is 39.2 Å². The van der Waals surface area contributed by atoms with Crippen LogP contribution in [-0.4, -0.2) is 57.2 Å². The minimum Gasteiger partial charge on any atom is -0.445 e. The molecule has 2 N–H and O–H groups in total. The maximum Gasteiger partial charge on any atom is 0.451 e. The first kappa shape index (κ1) is 27.7. The van der Waals surface area contributed by atoms with Crippen LogP contribution >= 0.6 is 0 Å². The van der Waals surface area contributed by atoms with Crippen LogP contribution < -0.4 is 10.6 Å². The van der Waals surface area contributed by atoms with E-state index in [-0.39, 0.29) is 38.2 Å². The number of aromatic nitrogens is 2. The lowest BCUT2D eigenvalue weighted by molar-refractivity contribution is -0.144. The number of carbonyl (C=O) groups excluding carboxylic acids is 3. The minimum absolute atomic E-state index is 0.00000496. The van der Waals surface area contributed by atoms with Crippen molar-refractivity contribution < 1.29 is 37.0 Å². The van der Waals surface area contributed by atoms with Gasteiger partial charge >= 0.3 is 18.4 Å². The number of amides is 3. The van der Waals surface area contributed by atoms with Crippen molar-refractivity contribution in [2.24, 2.45) is 0 Å². The molecule has 0 aliphatic carbocycles. The van der Waals surface area contributed by atoms with Gasteiger partial charge in [0.25, 0.3) is 0 Å². The number of hydrogen-bond acceptors (Lipinski definition) is 7. The van der Waals surface area contributed by atoms with Crippen LogP contribution in [0.3, 0.4) is 0 Å². The van der Waals surface area contributed by atoms with E-state index in [9.17, 15) is 27.6 Å². The summed E-state index contributed by atoms with van der Waals surface area (Å²) in [5.74, 6) is -2.06. The lowest BCUT2D eigenvalue weighted by Gasteiger charge is -2.40. The van der Waals surface area contributed by atoms with Crippen LogP contribution in [0.2, 0.25) is 0 Å². The van der Waals surface area contributed by atoms with Crippen molar-refractivity contribution in [3.63, 3.8) is 0 Å². The summed E-state index contributed by atoms with van der Waals surface area (Å²) in [7, 11) is 0. The molecule has 1 fully saturated rings. The molecule has 0 unspecified atom stereocenters. The van der Waals surface area contributed by atoms with Gasteiger partial charge in [0.15, 0.2) is 0 Å². The molecular formula is C24H28F3N5O5. The number of alkyl halides is 3. The normalized spacial score (nSPS) is 15.5. The fourth-order valence-electron chi connectivity index (χ4n) is 3.55. The number of halogens is 3. The summed E-state index contributed by atoms with van der Waals surface area (Å²) in [4.78, 5) is 46.3. The first-order chi connectivity index (χ1) is 17.3. The first-order valence-corrected chi connectivity index (χ1v) is 11.4. The molecule has 13 heteroatoms. The largest absolute Gasteiger partial charge is 0.451 e. The average molecular weight is 524 g/mol. The zero-order valence-electron chi connectivity index (χ0n) is 20.6. The van der Waals surface area contributed by atoms with Crippen LogP contribution in [0.4, 0.5) is 28.4 Å². The van der Waals surface area contributed by atoms with E-state index in [1.54, 1.807) is 45.0 Å². The van der Waals surface area contributed by atoms with Crippen molar-refractivity contribution >= 4 is 23.8 Å². The summed E-state index contributed by atoms with van der Waals surface area (Å²) in [6, 6.07) is 8.90. The summed E-state index contributed by atoms with van der Waals surface area (Å²) < 4.78 is 48.9. The Morgan fingerprint density at radius 3 is 2.16 bits per heavy atom. The Morgan fingerprint density at radius 1 is 1.03 bits per heavy atom. The molecule has 3 amide bonds. The van der Waals surface area contributed by atoms with Gasteiger partial charge in [0.05, 0.1) is 18.1 Å². The molecule has 1 aliphatic rings. The average Bonchev–Trinajstić information content (AvgIpc) is 2.82. The second kappa shape index (κ2) is 11.0. The highest BCUT2D eigenvalue weighted by atomic mass is 19.4. The van der Waals surface area contributed by atoms with Crippen LogP contribution in [0.25, 0.3) is 0 Å². The predicted octanol–water partition coefficient (Wildman–Crippen LogP) is 4.13. The van der Waals surface area contributed by atoms with E-state index < -0.39 is 41.2 Å². The number of anilines is 1. The van der Waals surface area contributed by atoms with E-state index in [0.717, 1.165) is 18.0 Å². The van der Waals surface area contributed by atoms with Gasteiger partial charge in [0.2, 0.25) is 11.7 Å². The van der Waals surface area contributed by atoms with Gasteiger partial charge in [-0.25, -0.2) is 19.6 Å². The van der Waals surface area contributed by atoms with Gasteiger partial charge in [-0.15, -0.1) is 0 Å². The Labute approximate surface area is 211 Å². The number of alkyl carbamates (subject to hydrolysis) is 1. The van der Waals surface area contributed by atoms with Gasteiger partial charge in [-0.3, -0.25) is 4.79 Å². The molecule has 37 heavy (non-hydrogen) atoms. The van der Waals surface area contributed by atoms with Crippen LogP contribution in [0.1, 0.15) is 45.0 Å². The molecule has 2 aromatic rings. The molecule has 200 valence electrons. The summed E-state index contributed by atoms with van der Waals surface area (Å²) in [6.45, 7) is 5.28. The van der Waals surface area contributed by atoms with Crippen molar-refractivity contribution in [1.29, 1.82) is 0 Å². The van der Waals surface area contributed by atoms with E-state index in [4.69, 9.17) is 9.47 Å². The van der Waals surface area contributed by atoms with Crippen molar-refractivity contribution in [3.05, 3.63) is 54.1 Å². The molecule has 1 aromatic carbocycles. The SMILES string of the molecule is CC(C)(C)OC(=O)N1CCC(NC(=O)OCc2ccccc2)(C(=O)Nc2cnc(C(F)(F)F)nc2)CC1. The standard InChI is InChI=1S/C24H28F3N5O5/c1-22(2,3)37-21(35)32-11-9-23(10-12-32,31-20(34)36-15-16-7-5-4-6-8-16)19(33)30-17-13-28-18(29-14-17)24(25,26)27/h4-8,13-14H,9-12,15H2,1-3H3,(H,30,33)(H,31,34). The molecule has 0 saturated carbocycles. The molecule has 1 aromatic heterocycles. The van der Waals surface area contributed by atoms with Crippen molar-refractivity contribution in [3.8, 4) is 0 Å². The molecule has 0 atom stereocenters. The van der Waals surface area contributed by atoms with Crippen molar-refractivity contribution in [2.75, 3.05) is 18.4 Å². The molecule has 1 saturated heterocycles. The van der Waals surface area contributed by atoms with E-state index in [0.29, 0.717) is 0 Å². The summed E-state index contributed by atoms with van der Waals surface area (Å²) in [6.07, 6.45) is -4.52. The Balaban J connectivity index is 1.73. The lowest BCUT2D eigenvalue weighted by Crippen LogP contribution is -2.62. The third kappa shape index (κ3) is 7.79.